The molecule has 1 aliphatic carbocycles. The molecule has 4 heteroatoms. The largest absolute Gasteiger partial charge is 0.324 e. The standard InChI is InChI=1S/C13H17BrN2O/c1-8-6-10(7-9(2)11(8)14)16-12(17)13(15)4-3-5-13/h6-7H,3-5,15H2,1-2H3,(H,16,17). The molecule has 0 heterocycles. The number of anilines is 1. The third-order valence-corrected chi connectivity index (χ3v) is 4.64. The SMILES string of the molecule is Cc1cc(NC(=O)C2(N)CCC2)cc(C)c1Br. The number of nitrogens with two attached hydrogens (primary N) is 1. The van der Waals surface area contributed by atoms with E-state index in [0.29, 0.717) is 0 Å². The van der Waals surface area contributed by atoms with Gasteiger partial charge in [-0.2, -0.15) is 0 Å². The summed E-state index contributed by atoms with van der Waals surface area (Å²) in [6.45, 7) is 4.02. The Morgan fingerprint density at radius 3 is 2.29 bits per heavy atom. The van der Waals surface area contributed by atoms with Gasteiger partial charge in [0.1, 0.15) is 0 Å². The van der Waals surface area contributed by atoms with Crippen LogP contribution in [0.25, 0.3) is 0 Å². The fraction of sp³-hybridized carbons (Fsp3) is 0.462. The molecular weight excluding hydrogens is 280 g/mol. The Kier molecular flexibility index (Phi) is 3.27. The topological polar surface area (TPSA) is 55.1 Å². The van der Waals surface area contributed by atoms with E-state index < -0.39 is 5.54 Å². The second-order valence-electron chi connectivity index (χ2n) is 4.89. The molecule has 0 atom stereocenters. The normalized spacial score (nSPS) is 17.4. The number of carbonyl (C=O) groups excluding carboxylic acids is 1. The molecule has 1 amide bonds. The highest BCUT2D eigenvalue weighted by Crippen LogP contribution is 2.31. The minimum absolute atomic E-state index is 0.0649. The van der Waals surface area contributed by atoms with Crippen LogP contribution in [-0.4, -0.2) is 11.4 Å². The van der Waals surface area contributed by atoms with Crippen LogP contribution >= 0.6 is 15.9 Å². The van der Waals surface area contributed by atoms with Crippen molar-refractivity contribution in [2.75, 3.05) is 5.32 Å². The molecule has 0 radical (unpaired) electrons. The van der Waals surface area contributed by atoms with E-state index in [1.165, 1.54) is 0 Å². The van der Waals surface area contributed by atoms with Crippen molar-refractivity contribution >= 4 is 27.5 Å². The quantitative estimate of drug-likeness (QED) is 0.882. The summed E-state index contributed by atoms with van der Waals surface area (Å²) in [5, 5.41) is 2.91. The molecule has 3 N–H and O–H groups in total. The number of hydrogen-bond acceptors (Lipinski definition) is 2. The number of carbonyl (C=O) groups is 1. The number of rotatable bonds is 2. The summed E-state index contributed by atoms with van der Waals surface area (Å²) in [5.41, 5.74) is 8.38. The van der Waals surface area contributed by atoms with Crippen molar-refractivity contribution in [3.8, 4) is 0 Å². The number of nitrogens with one attached hydrogen (secondary N) is 1. The summed E-state index contributed by atoms with van der Waals surface area (Å²) in [4.78, 5) is 12.0. The minimum Gasteiger partial charge on any atom is -0.324 e. The highest BCUT2D eigenvalue weighted by atomic mass is 79.9. The van der Waals surface area contributed by atoms with Crippen molar-refractivity contribution in [1.82, 2.24) is 0 Å². The Morgan fingerprint density at radius 1 is 1.35 bits per heavy atom. The van der Waals surface area contributed by atoms with E-state index in [2.05, 4.69) is 21.2 Å². The lowest BCUT2D eigenvalue weighted by Crippen LogP contribution is -2.56. The van der Waals surface area contributed by atoms with Gasteiger partial charge in [0.25, 0.3) is 0 Å². The number of halogens is 1. The monoisotopic (exact) mass is 296 g/mol. The van der Waals surface area contributed by atoms with Gasteiger partial charge in [0, 0.05) is 10.2 Å². The Labute approximate surface area is 110 Å². The maximum absolute atomic E-state index is 12.0. The summed E-state index contributed by atoms with van der Waals surface area (Å²) in [5.74, 6) is -0.0649. The Morgan fingerprint density at radius 2 is 1.88 bits per heavy atom. The van der Waals surface area contributed by atoms with Crippen LogP contribution in [0.15, 0.2) is 16.6 Å². The molecule has 0 unspecified atom stereocenters. The number of benzene rings is 1. The molecule has 1 saturated carbocycles. The van der Waals surface area contributed by atoms with E-state index in [4.69, 9.17) is 5.73 Å². The van der Waals surface area contributed by atoms with Crippen molar-refractivity contribution in [3.63, 3.8) is 0 Å². The second-order valence-corrected chi connectivity index (χ2v) is 5.68. The van der Waals surface area contributed by atoms with E-state index in [-0.39, 0.29) is 5.91 Å². The first kappa shape index (κ1) is 12.6. The molecule has 0 bridgehead atoms. The van der Waals surface area contributed by atoms with Gasteiger partial charge < -0.3 is 11.1 Å². The van der Waals surface area contributed by atoms with Gasteiger partial charge in [-0.1, -0.05) is 15.9 Å². The Balaban J connectivity index is 2.16. The maximum Gasteiger partial charge on any atom is 0.244 e. The highest BCUT2D eigenvalue weighted by molar-refractivity contribution is 9.10. The molecule has 0 aromatic heterocycles. The molecule has 17 heavy (non-hydrogen) atoms. The van der Waals surface area contributed by atoms with E-state index in [0.717, 1.165) is 40.5 Å². The molecular formula is C13H17BrN2O. The zero-order valence-electron chi connectivity index (χ0n) is 10.1. The first-order valence-corrected chi connectivity index (χ1v) is 6.59. The first-order valence-electron chi connectivity index (χ1n) is 5.79. The van der Waals surface area contributed by atoms with Gasteiger partial charge in [-0.3, -0.25) is 4.79 Å². The molecule has 0 saturated heterocycles. The predicted molar refractivity (Wildman–Crippen MR) is 73.0 cm³/mol. The average Bonchev–Trinajstić information content (AvgIpc) is 2.22. The summed E-state index contributed by atoms with van der Waals surface area (Å²) in [7, 11) is 0. The maximum atomic E-state index is 12.0. The second kappa shape index (κ2) is 4.42. The number of aryl methyl sites for hydroxylation is 2. The third kappa shape index (κ3) is 2.38. The van der Waals surface area contributed by atoms with Crippen molar-refractivity contribution in [2.24, 2.45) is 5.73 Å². The summed E-state index contributed by atoms with van der Waals surface area (Å²) in [6, 6.07) is 3.91. The van der Waals surface area contributed by atoms with Gasteiger partial charge >= 0.3 is 0 Å². The van der Waals surface area contributed by atoms with Gasteiger partial charge in [-0.05, 0) is 56.4 Å². The lowest BCUT2D eigenvalue weighted by molar-refractivity contribution is -0.123. The lowest BCUT2D eigenvalue weighted by Gasteiger charge is -2.36. The van der Waals surface area contributed by atoms with Crippen LogP contribution in [0, 0.1) is 13.8 Å². The lowest BCUT2D eigenvalue weighted by atomic mass is 9.77. The molecule has 92 valence electrons. The molecule has 1 aromatic carbocycles. The molecule has 0 spiro atoms. The molecule has 3 nitrogen and oxygen atoms in total. The minimum atomic E-state index is -0.644. The zero-order chi connectivity index (χ0) is 12.6. The van der Waals surface area contributed by atoms with Gasteiger partial charge in [0.2, 0.25) is 5.91 Å². The predicted octanol–water partition coefficient (Wildman–Crippen LogP) is 2.89. The van der Waals surface area contributed by atoms with E-state index in [9.17, 15) is 4.79 Å². The first-order chi connectivity index (χ1) is 7.92. The molecule has 2 rings (SSSR count). The van der Waals surface area contributed by atoms with Crippen molar-refractivity contribution in [3.05, 3.63) is 27.7 Å². The number of amides is 1. The van der Waals surface area contributed by atoms with Crippen LogP contribution < -0.4 is 11.1 Å². The van der Waals surface area contributed by atoms with E-state index in [1.54, 1.807) is 0 Å². The summed E-state index contributed by atoms with van der Waals surface area (Å²) >= 11 is 3.51. The van der Waals surface area contributed by atoms with E-state index >= 15 is 0 Å². The summed E-state index contributed by atoms with van der Waals surface area (Å²) < 4.78 is 1.08. The van der Waals surface area contributed by atoms with Gasteiger partial charge in [0.15, 0.2) is 0 Å². The molecule has 1 aromatic rings. The zero-order valence-corrected chi connectivity index (χ0v) is 11.7. The Bertz CT molecular complexity index is 443. The molecule has 0 aliphatic heterocycles. The van der Waals surface area contributed by atoms with E-state index in [1.807, 2.05) is 26.0 Å². The summed E-state index contributed by atoms with van der Waals surface area (Å²) in [6.07, 6.45) is 2.61. The van der Waals surface area contributed by atoms with Crippen LogP contribution in [0.4, 0.5) is 5.69 Å². The highest BCUT2D eigenvalue weighted by Gasteiger charge is 2.40. The van der Waals surface area contributed by atoms with Crippen molar-refractivity contribution in [1.29, 1.82) is 0 Å². The van der Waals surface area contributed by atoms with Crippen LogP contribution in [0.2, 0.25) is 0 Å². The van der Waals surface area contributed by atoms with Crippen LogP contribution in [0.1, 0.15) is 30.4 Å². The van der Waals surface area contributed by atoms with Gasteiger partial charge in [-0.25, -0.2) is 0 Å². The van der Waals surface area contributed by atoms with Crippen LogP contribution in [0.5, 0.6) is 0 Å². The Hall–Kier alpha value is -0.870. The van der Waals surface area contributed by atoms with Crippen LogP contribution in [-0.2, 0) is 4.79 Å². The van der Waals surface area contributed by atoms with Crippen molar-refractivity contribution < 1.29 is 4.79 Å². The smallest absolute Gasteiger partial charge is 0.244 e. The van der Waals surface area contributed by atoms with Gasteiger partial charge in [0.05, 0.1) is 5.54 Å². The average molecular weight is 297 g/mol. The fourth-order valence-corrected chi connectivity index (χ4v) is 2.29. The van der Waals surface area contributed by atoms with Gasteiger partial charge in [-0.15, -0.1) is 0 Å². The fourth-order valence-electron chi connectivity index (χ4n) is 2.06. The number of hydrogen-bond donors (Lipinski definition) is 2. The molecule has 1 aliphatic rings. The molecule has 1 fully saturated rings. The van der Waals surface area contributed by atoms with Crippen molar-refractivity contribution in [2.45, 2.75) is 38.6 Å². The third-order valence-electron chi connectivity index (χ3n) is 3.39. The van der Waals surface area contributed by atoms with Crippen LogP contribution in [0.3, 0.4) is 0 Å².